The maximum absolute atomic E-state index is 14.1. The van der Waals surface area contributed by atoms with E-state index in [1.807, 2.05) is 0 Å². The SMILES string of the molecule is CCC(N)CCCCCCNC(=O)c1ccc(Cn2c(-c3cc(C(F)(F)F)cc(C(F)(F)F)c3)nc(-c3ccc(OC)cc3)c2-c2ccc(OC)cc2)cc1. The van der Waals surface area contributed by atoms with Gasteiger partial charge in [-0.1, -0.05) is 38.3 Å². The molecule has 7 nitrogen and oxygen atoms in total. The molecule has 0 aliphatic rings. The predicted octanol–water partition coefficient (Wildman–Crippen LogP) is 10.4. The summed E-state index contributed by atoms with van der Waals surface area (Å²) in [5.41, 5.74) is 5.60. The summed E-state index contributed by atoms with van der Waals surface area (Å²) in [6.07, 6.45) is -4.33. The first-order valence-electron chi connectivity index (χ1n) is 18.0. The van der Waals surface area contributed by atoms with Gasteiger partial charge in [0.05, 0.1) is 36.7 Å². The van der Waals surface area contributed by atoms with E-state index in [1.54, 1.807) is 77.4 Å². The molecule has 292 valence electrons. The van der Waals surface area contributed by atoms with Crippen LogP contribution in [0.1, 0.15) is 72.5 Å². The fourth-order valence-corrected chi connectivity index (χ4v) is 6.24. The van der Waals surface area contributed by atoms with Gasteiger partial charge in [0.1, 0.15) is 17.3 Å². The average molecular weight is 767 g/mol. The van der Waals surface area contributed by atoms with Crippen molar-refractivity contribution < 1.29 is 40.6 Å². The average Bonchev–Trinajstić information content (AvgIpc) is 3.55. The Labute approximate surface area is 316 Å². The molecule has 1 atom stereocenters. The Morgan fingerprint density at radius 2 is 1.29 bits per heavy atom. The number of carbonyl (C=O) groups excluding carboxylic acids is 1. The van der Waals surface area contributed by atoms with Crippen molar-refractivity contribution in [3.05, 3.63) is 113 Å². The highest BCUT2D eigenvalue weighted by Crippen LogP contribution is 2.42. The highest BCUT2D eigenvalue weighted by atomic mass is 19.4. The van der Waals surface area contributed by atoms with Crippen molar-refractivity contribution in [1.82, 2.24) is 14.9 Å². The monoisotopic (exact) mass is 766 g/mol. The fourth-order valence-electron chi connectivity index (χ4n) is 6.24. The van der Waals surface area contributed by atoms with Crippen LogP contribution < -0.4 is 20.5 Å². The number of alkyl halides is 6. The zero-order chi connectivity index (χ0) is 39.8. The van der Waals surface area contributed by atoms with Crippen molar-refractivity contribution in [2.24, 2.45) is 5.73 Å². The summed E-state index contributed by atoms with van der Waals surface area (Å²) in [4.78, 5) is 17.7. The molecule has 0 aliphatic heterocycles. The van der Waals surface area contributed by atoms with Gasteiger partial charge in [0.2, 0.25) is 0 Å². The molecule has 55 heavy (non-hydrogen) atoms. The molecule has 5 rings (SSSR count). The van der Waals surface area contributed by atoms with Gasteiger partial charge in [0.15, 0.2) is 0 Å². The van der Waals surface area contributed by atoms with Crippen molar-refractivity contribution in [1.29, 1.82) is 0 Å². The molecule has 3 N–H and O–H groups in total. The Balaban J connectivity index is 1.56. The maximum atomic E-state index is 14.1. The molecule has 5 aromatic rings. The number of rotatable bonds is 16. The molecule has 4 aromatic carbocycles. The number of amides is 1. The Bertz CT molecular complexity index is 1990. The van der Waals surface area contributed by atoms with E-state index in [2.05, 4.69) is 12.2 Å². The first-order valence-corrected chi connectivity index (χ1v) is 18.0. The molecule has 0 saturated carbocycles. The summed E-state index contributed by atoms with van der Waals surface area (Å²) in [5, 5.41) is 2.93. The molecule has 1 unspecified atom stereocenters. The lowest BCUT2D eigenvalue weighted by molar-refractivity contribution is -0.143. The molecular weight excluding hydrogens is 722 g/mol. The summed E-state index contributed by atoms with van der Waals surface area (Å²) in [6.45, 7) is 2.56. The Morgan fingerprint density at radius 1 is 0.745 bits per heavy atom. The van der Waals surface area contributed by atoms with E-state index in [0.29, 0.717) is 63.8 Å². The topological polar surface area (TPSA) is 91.4 Å². The fraction of sp³-hybridized carbons (Fsp3) is 0.333. The summed E-state index contributed by atoms with van der Waals surface area (Å²) >= 11 is 0. The van der Waals surface area contributed by atoms with Crippen LogP contribution in [0, 0.1) is 0 Å². The number of carbonyl (C=O) groups is 1. The van der Waals surface area contributed by atoms with Crippen LogP contribution in [-0.2, 0) is 18.9 Å². The van der Waals surface area contributed by atoms with Crippen LogP contribution in [0.5, 0.6) is 11.5 Å². The van der Waals surface area contributed by atoms with Gasteiger partial charge in [-0.15, -0.1) is 0 Å². The van der Waals surface area contributed by atoms with E-state index in [0.717, 1.165) is 38.5 Å². The van der Waals surface area contributed by atoms with Gasteiger partial charge < -0.3 is 25.1 Å². The number of imidazole rings is 1. The van der Waals surface area contributed by atoms with Crippen LogP contribution in [0.25, 0.3) is 33.9 Å². The van der Waals surface area contributed by atoms with Crippen LogP contribution in [0.15, 0.2) is 91.0 Å². The lowest BCUT2D eigenvalue weighted by atomic mass is 10.0. The first-order chi connectivity index (χ1) is 26.2. The molecule has 0 bridgehead atoms. The van der Waals surface area contributed by atoms with E-state index in [-0.39, 0.29) is 35.9 Å². The van der Waals surface area contributed by atoms with Crippen molar-refractivity contribution in [2.75, 3.05) is 20.8 Å². The van der Waals surface area contributed by atoms with Crippen LogP contribution in [0.4, 0.5) is 26.3 Å². The standard InChI is InChI=1S/C42H44F6N4O3/c1-4-34(49)9-7-5-6-8-22-50-40(53)30-12-10-27(11-13-30)26-52-38(29-16-20-36(55-3)21-17-29)37(28-14-18-35(54-2)19-15-28)51-39(52)31-23-32(41(43,44)45)25-33(24-31)42(46,47)48/h10-21,23-25,34H,4-9,22,26,49H2,1-3H3,(H,50,53). The van der Waals surface area contributed by atoms with E-state index in [1.165, 1.54) is 14.2 Å². The number of hydrogen-bond donors (Lipinski definition) is 2. The number of methoxy groups -OCH3 is 2. The molecule has 1 aromatic heterocycles. The number of nitrogens with two attached hydrogens (primary N) is 1. The summed E-state index contributed by atoms with van der Waals surface area (Å²) in [6, 6.07) is 22.0. The third-order valence-electron chi connectivity index (χ3n) is 9.41. The number of nitrogens with zero attached hydrogens (tertiary/aromatic N) is 2. The highest BCUT2D eigenvalue weighted by molar-refractivity contribution is 5.94. The zero-order valence-electron chi connectivity index (χ0n) is 30.9. The van der Waals surface area contributed by atoms with Crippen LogP contribution >= 0.6 is 0 Å². The van der Waals surface area contributed by atoms with Crippen LogP contribution in [-0.4, -0.2) is 42.3 Å². The second-order valence-electron chi connectivity index (χ2n) is 13.3. The van der Waals surface area contributed by atoms with Gasteiger partial charge in [0.25, 0.3) is 5.91 Å². The molecule has 1 heterocycles. The summed E-state index contributed by atoms with van der Waals surface area (Å²) in [5.74, 6) is 0.706. The third-order valence-corrected chi connectivity index (χ3v) is 9.41. The molecule has 0 spiro atoms. The number of benzene rings is 4. The lowest BCUT2D eigenvalue weighted by Crippen LogP contribution is -2.24. The van der Waals surface area contributed by atoms with E-state index >= 15 is 0 Å². The molecule has 0 saturated heterocycles. The lowest BCUT2D eigenvalue weighted by Gasteiger charge is -2.17. The largest absolute Gasteiger partial charge is 0.497 e. The van der Waals surface area contributed by atoms with Crippen LogP contribution in [0.2, 0.25) is 0 Å². The molecule has 0 fully saturated rings. The minimum Gasteiger partial charge on any atom is -0.497 e. The Kier molecular flexibility index (Phi) is 13.3. The second-order valence-corrected chi connectivity index (χ2v) is 13.3. The zero-order valence-corrected chi connectivity index (χ0v) is 30.9. The van der Waals surface area contributed by atoms with Crippen LogP contribution in [0.3, 0.4) is 0 Å². The molecular formula is C42H44F6N4O3. The van der Waals surface area contributed by atoms with E-state index < -0.39 is 23.5 Å². The Morgan fingerprint density at radius 3 is 1.82 bits per heavy atom. The number of hydrogen-bond acceptors (Lipinski definition) is 5. The Hall–Kier alpha value is -5.30. The number of aromatic nitrogens is 2. The highest BCUT2D eigenvalue weighted by Gasteiger charge is 2.38. The van der Waals surface area contributed by atoms with Gasteiger partial charge in [0, 0.05) is 41.4 Å². The predicted molar refractivity (Wildman–Crippen MR) is 201 cm³/mol. The van der Waals surface area contributed by atoms with Crippen molar-refractivity contribution in [2.45, 2.75) is 70.4 Å². The van der Waals surface area contributed by atoms with Crippen molar-refractivity contribution >= 4 is 5.91 Å². The van der Waals surface area contributed by atoms with Gasteiger partial charge >= 0.3 is 12.4 Å². The van der Waals surface area contributed by atoms with Gasteiger partial charge in [-0.25, -0.2) is 4.98 Å². The second kappa shape index (κ2) is 17.9. The molecule has 13 heteroatoms. The number of halogens is 6. The van der Waals surface area contributed by atoms with E-state index in [4.69, 9.17) is 20.2 Å². The smallest absolute Gasteiger partial charge is 0.416 e. The molecule has 0 aliphatic carbocycles. The quantitative estimate of drug-likeness (QED) is 0.0771. The van der Waals surface area contributed by atoms with Gasteiger partial charge in [-0.2, -0.15) is 26.3 Å². The minimum absolute atomic E-state index is 0.0129. The normalized spacial score (nSPS) is 12.4. The van der Waals surface area contributed by atoms with Crippen molar-refractivity contribution in [3.63, 3.8) is 0 Å². The number of ether oxygens (including phenoxy) is 2. The maximum Gasteiger partial charge on any atom is 0.416 e. The summed E-state index contributed by atoms with van der Waals surface area (Å²) < 4.78 is 96.8. The molecule has 1 amide bonds. The molecule has 0 radical (unpaired) electrons. The number of unbranched alkanes of at least 4 members (excludes halogenated alkanes) is 3. The minimum atomic E-state index is -5.07. The van der Waals surface area contributed by atoms with Gasteiger partial charge in [-0.05, 0) is 104 Å². The van der Waals surface area contributed by atoms with Gasteiger partial charge in [-0.3, -0.25) is 4.79 Å². The first kappa shape index (κ1) is 40.9. The number of nitrogens with one attached hydrogen (secondary N) is 1. The van der Waals surface area contributed by atoms with Crippen molar-refractivity contribution in [3.8, 4) is 45.4 Å². The third kappa shape index (κ3) is 10.5. The van der Waals surface area contributed by atoms with E-state index in [9.17, 15) is 31.1 Å². The summed E-state index contributed by atoms with van der Waals surface area (Å²) in [7, 11) is 3.00.